The summed E-state index contributed by atoms with van der Waals surface area (Å²) in [4.78, 5) is 4.43. The molecule has 0 unspecified atom stereocenters. The maximum Gasteiger partial charge on any atom is 0.145 e. The minimum atomic E-state index is 0.303. The van der Waals surface area contributed by atoms with Gasteiger partial charge in [0.2, 0.25) is 0 Å². The first-order valence-corrected chi connectivity index (χ1v) is 5.91. The van der Waals surface area contributed by atoms with Gasteiger partial charge in [-0.2, -0.15) is 0 Å². The van der Waals surface area contributed by atoms with Gasteiger partial charge >= 0.3 is 0 Å². The third-order valence-electron chi connectivity index (χ3n) is 2.05. The van der Waals surface area contributed by atoms with Gasteiger partial charge in [-0.3, -0.25) is 0 Å². The summed E-state index contributed by atoms with van der Waals surface area (Å²) in [7, 11) is 0. The molecule has 1 aromatic heterocycles. The van der Waals surface area contributed by atoms with Crippen LogP contribution in [0.2, 0.25) is 10.0 Å². The quantitative estimate of drug-likeness (QED) is 0.856. The first-order chi connectivity index (χ1) is 7.06. The van der Waals surface area contributed by atoms with Gasteiger partial charge in [0.25, 0.3) is 0 Å². The van der Waals surface area contributed by atoms with Gasteiger partial charge in [-0.1, -0.05) is 44.0 Å². The normalized spacial score (nSPS) is 10.8. The van der Waals surface area contributed by atoms with Crippen molar-refractivity contribution < 1.29 is 0 Å². The summed E-state index contributed by atoms with van der Waals surface area (Å²) in [6, 6.07) is 1.75. The molecule has 2 nitrogen and oxygen atoms in total. The van der Waals surface area contributed by atoms with Crippen molar-refractivity contribution in [2.75, 3.05) is 11.9 Å². The highest BCUT2D eigenvalue weighted by Gasteiger charge is 2.11. The number of nitrogens with one attached hydrogen (secondary N) is 1. The molecule has 0 atom stereocenters. The number of pyridine rings is 1. The molecular formula is C11H16Cl2N2. The molecule has 0 spiro atoms. The van der Waals surface area contributed by atoms with Crippen LogP contribution in [0, 0.1) is 0 Å². The van der Waals surface area contributed by atoms with Crippen molar-refractivity contribution in [3.8, 4) is 0 Å². The molecule has 84 valence electrons. The van der Waals surface area contributed by atoms with Crippen LogP contribution in [0.25, 0.3) is 0 Å². The van der Waals surface area contributed by atoms with Crippen LogP contribution in [0.3, 0.4) is 0 Å². The molecule has 1 N–H and O–H groups in total. The lowest BCUT2D eigenvalue weighted by molar-refractivity contribution is 0.821. The lowest BCUT2D eigenvalue weighted by Gasteiger charge is -2.12. The van der Waals surface area contributed by atoms with Crippen LogP contribution in [-0.4, -0.2) is 11.5 Å². The van der Waals surface area contributed by atoms with Crippen LogP contribution in [0.15, 0.2) is 6.07 Å². The second-order valence-electron chi connectivity index (χ2n) is 3.77. The van der Waals surface area contributed by atoms with Gasteiger partial charge in [-0.25, -0.2) is 4.98 Å². The molecule has 0 bridgehead atoms. The predicted molar refractivity (Wildman–Crippen MR) is 67.1 cm³/mol. The molecule has 1 aromatic rings. The summed E-state index contributed by atoms with van der Waals surface area (Å²) >= 11 is 12.1. The van der Waals surface area contributed by atoms with Crippen LogP contribution < -0.4 is 5.32 Å². The minimum absolute atomic E-state index is 0.303. The van der Waals surface area contributed by atoms with Crippen LogP contribution in [0.5, 0.6) is 0 Å². The van der Waals surface area contributed by atoms with Crippen molar-refractivity contribution in [2.24, 2.45) is 0 Å². The number of nitrogens with zero attached hydrogens (tertiary/aromatic N) is 1. The van der Waals surface area contributed by atoms with Crippen molar-refractivity contribution >= 4 is 29.0 Å². The maximum absolute atomic E-state index is 6.06. The van der Waals surface area contributed by atoms with E-state index in [9.17, 15) is 0 Å². The lowest BCUT2D eigenvalue weighted by Crippen LogP contribution is -2.05. The van der Waals surface area contributed by atoms with Gasteiger partial charge in [-0.15, -0.1) is 0 Å². The molecule has 0 fully saturated rings. The molecule has 0 amide bonds. The minimum Gasteiger partial charge on any atom is -0.369 e. The SMILES string of the molecule is CCCNc1nc(C(C)C)c(Cl)cc1Cl. The van der Waals surface area contributed by atoms with E-state index >= 15 is 0 Å². The van der Waals surface area contributed by atoms with E-state index in [2.05, 4.69) is 31.1 Å². The van der Waals surface area contributed by atoms with Gasteiger partial charge in [0.1, 0.15) is 5.82 Å². The van der Waals surface area contributed by atoms with Crippen molar-refractivity contribution in [1.29, 1.82) is 0 Å². The van der Waals surface area contributed by atoms with Gasteiger partial charge in [0.15, 0.2) is 0 Å². The van der Waals surface area contributed by atoms with E-state index < -0.39 is 0 Å². The Balaban J connectivity index is 3.00. The van der Waals surface area contributed by atoms with E-state index in [1.807, 2.05) is 0 Å². The number of hydrogen-bond donors (Lipinski definition) is 1. The third-order valence-corrected chi connectivity index (χ3v) is 2.64. The molecule has 0 aliphatic heterocycles. The Morgan fingerprint density at radius 1 is 1.33 bits per heavy atom. The molecule has 0 aromatic carbocycles. The van der Waals surface area contributed by atoms with Gasteiger partial charge in [0.05, 0.1) is 15.7 Å². The summed E-state index contributed by atoms with van der Waals surface area (Å²) in [6.45, 7) is 7.09. The number of hydrogen-bond acceptors (Lipinski definition) is 2. The van der Waals surface area contributed by atoms with Crippen LogP contribution in [0.4, 0.5) is 5.82 Å². The summed E-state index contributed by atoms with van der Waals surface area (Å²) < 4.78 is 0. The second kappa shape index (κ2) is 5.57. The van der Waals surface area contributed by atoms with E-state index in [0.717, 1.165) is 24.5 Å². The average Bonchev–Trinajstić information content (AvgIpc) is 2.16. The lowest BCUT2D eigenvalue weighted by atomic mass is 10.1. The largest absolute Gasteiger partial charge is 0.369 e. The summed E-state index contributed by atoms with van der Waals surface area (Å²) in [5.74, 6) is 1.03. The molecule has 15 heavy (non-hydrogen) atoms. The zero-order valence-corrected chi connectivity index (χ0v) is 10.8. The van der Waals surface area contributed by atoms with Crippen molar-refractivity contribution in [1.82, 2.24) is 4.98 Å². The Bertz CT molecular complexity index is 338. The Labute approximate surface area is 101 Å². The summed E-state index contributed by atoms with van der Waals surface area (Å²) in [6.07, 6.45) is 1.04. The van der Waals surface area contributed by atoms with Crippen LogP contribution in [0.1, 0.15) is 38.8 Å². The molecule has 4 heteroatoms. The predicted octanol–water partition coefficient (Wildman–Crippen LogP) is 4.33. The topological polar surface area (TPSA) is 24.9 Å². The first kappa shape index (κ1) is 12.6. The van der Waals surface area contributed by atoms with Crippen molar-refractivity contribution in [3.05, 3.63) is 21.8 Å². The first-order valence-electron chi connectivity index (χ1n) is 5.16. The monoisotopic (exact) mass is 246 g/mol. The van der Waals surface area contributed by atoms with E-state index in [4.69, 9.17) is 23.2 Å². The van der Waals surface area contributed by atoms with Gasteiger partial charge in [0, 0.05) is 6.54 Å². The number of aromatic nitrogens is 1. The Morgan fingerprint density at radius 2 is 2.00 bits per heavy atom. The molecule has 1 rings (SSSR count). The van der Waals surface area contributed by atoms with Crippen molar-refractivity contribution in [2.45, 2.75) is 33.1 Å². The third kappa shape index (κ3) is 3.25. The molecular weight excluding hydrogens is 231 g/mol. The van der Waals surface area contributed by atoms with Crippen LogP contribution >= 0.6 is 23.2 Å². The fourth-order valence-corrected chi connectivity index (χ4v) is 1.90. The average molecular weight is 247 g/mol. The Morgan fingerprint density at radius 3 is 2.53 bits per heavy atom. The summed E-state index contributed by atoms with van der Waals surface area (Å²) in [5.41, 5.74) is 0.889. The summed E-state index contributed by atoms with van der Waals surface area (Å²) in [5, 5.41) is 4.40. The molecule has 0 aliphatic carbocycles. The van der Waals surface area contributed by atoms with Gasteiger partial charge < -0.3 is 5.32 Å². The Hall–Kier alpha value is -0.470. The number of rotatable bonds is 4. The number of anilines is 1. The number of halogens is 2. The van der Waals surface area contributed by atoms with Crippen molar-refractivity contribution in [3.63, 3.8) is 0 Å². The Kier molecular flexibility index (Phi) is 4.68. The molecule has 1 heterocycles. The fraction of sp³-hybridized carbons (Fsp3) is 0.545. The highest BCUT2D eigenvalue weighted by atomic mass is 35.5. The zero-order chi connectivity index (χ0) is 11.4. The standard InChI is InChI=1S/C11H16Cl2N2/c1-4-5-14-11-9(13)6-8(12)10(15-11)7(2)3/h6-7H,4-5H2,1-3H3,(H,14,15). The van der Waals surface area contributed by atoms with E-state index in [1.165, 1.54) is 0 Å². The maximum atomic E-state index is 6.06. The van der Waals surface area contributed by atoms with E-state index in [0.29, 0.717) is 16.0 Å². The smallest absolute Gasteiger partial charge is 0.145 e. The highest BCUT2D eigenvalue weighted by molar-refractivity contribution is 6.36. The zero-order valence-electron chi connectivity index (χ0n) is 9.27. The second-order valence-corrected chi connectivity index (χ2v) is 4.58. The molecule has 0 radical (unpaired) electrons. The van der Waals surface area contributed by atoms with E-state index in [1.54, 1.807) is 6.07 Å². The molecule has 0 saturated heterocycles. The van der Waals surface area contributed by atoms with E-state index in [-0.39, 0.29) is 0 Å². The molecule has 0 aliphatic rings. The van der Waals surface area contributed by atoms with Gasteiger partial charge in [-0.05, 0) is 18.4 Å². The fourth-order valence-electron chi connectivity index (χ4n) is 1.25. The molecule has 0 saturated carbocycles. The highest BCUT2D eigenvalue weighted by Crippen LogP contribution is 2.29. The van der Waals surface area contributed by atoms with Crippen LogP contribution in [-0.2, 0) is 0 Å².